The van der Waals surface area contributed by atoms with E-state index in [1.54, 1.807) is 12.2 Å². The molecule has 1 aliphatic heterocycles. The minimum absolute atomic E-state index is 0.381. The lowest BCUT2D eigenvalue weighted by Gasteiger charge is -2.29. The molecule has 100 valence electrons. The molecule has 0 spiro atoms. The monoisotopic (exact) mass is 258 g/mol. The number of nitrogens with zero attached hydrogens (tertiary/aromatic N) is 1. The second-order valence-electron chi connectivity index (χ2n) is 4.53. The molecule has 0 aromatic rings. The highest BCUT2D eigenvalue weighted by Crippen LogP contribution is 2.32. The number of rotatable bonds is 2. The lowest BCUT2D eigenvalue weighted by molar-refractivity contribution is -0.0893. The molecule has 2 nitrogen and oxygen atoms in total. The van der Waals surface area contributed by atoms with Crippen molar-refractivity contribution in [2.45, 2.75) is 12.6 Å². The van der Waals surface area contributed by atoms with Crippen molar-refractivity contribution in [3.05, 3.63) is 35.5 Å². The Hall–Kier alpha value is -1.07. The first-order valence-corrected chi connectivity index (χ1v) is 6.13. The van der Waals surface area contributed by atoms with Gasteiger partial charge in [0.1, 0.15) is 0 Å². The van der Waals surface area contributed by atoms with Gasteiger partial charge in [0, 0.05) is 32.7 Å². The van der Waals surface area contributed by atoms with Crippen LogP contribution in [0.4, 0.5) is 13.2 Å². The summed E-state index contributed by atoms with van der Waals surface area (Å²) in [6.45, 7) is 3.72. The van der Waals surface area contributed by atoms with Gasteiger partial charge in [0.2, 0.25) is 0 Å². The molecule has 0 aromatic carbocycles. The zero-order valence-corrected chi connectivity index (χ0v) is 10.1. The summed E-state index contributed by atoms with van der Waals surface area (Å²) >= 11 is 0. The Morgan fingerprint density at radius 1 is 1.17 bits per heavy atom. The molecule has 0 unspecified atom stereocenters. The third-order valence-electron chi connectivity index (χ3n) is 3.18. The standard InChI is InChI=1S/C13H17F3N2/c14-13(15,16)12-5-3-1-2-4-11(12)10-18-8-6-17-7-9-18/h1-3,5,17H,4,6-10H2. The van der Waals surface area contributed by atoms with Crippen molar-refractivity contribution in [2.24, 2.45) is 0 Å². The van der Waals surface area contributed by atoms with Crippen molar-refractivity contribution < 1.29 is 13.2 Å². The van der Waals surface area contributed by atoms with Gasteiger partial charge in [-0.1, -0.05) is 24.3 Å². The lowest BCUT2D eigenvalue weighted by atomic mass is 10.0. The Labute approximate surface area is 105 Å². The summed E-state index contributed by atoms with van der Waals surface area (Å²) in [7, 11) is 0. The van der Waals surface area contributed by atoms with E-state index in [1.165, 1.54) is 12.2 Å². The van der Waals surface area contributed by atoms with Gasteiger partial charge in [0.05, 0.1) is 5.57 Å². The average Bonchev–Trinajstić information content (AvgIpc) is 2.55. The lowest BCUT2D eigenvalue weighted by Crippen LogP contribution is -2.44. The number of piperazine rings is 1. The molecule has 0 radical (unpaired) electrons. The van der Waals surface area contributed by atoms with Crippen molar-refractivity contribution in [3.63, 3.8) is 0 Å². The van der Waals surface area contributed by atoms with E-state index < -0.39 is 11.7 Å². The summed E-state index contributed by atoms with van der Waals surface area (Å²) in [5.41, 5.74) is -0.0135. The van der Waals surface area contributed by atoms with Crippen molar-refractivity contribution in [1.29, 1.82) is 0 Å². The van der Waals surface area contributed by atoms with Gasteiger partial charge in [-0.05, 0) is 12.0 Å². The number of hydrogen-bond acceptors (Lipinski definition) is 2. The zero-order valence-electron chi connectivity index (χ0n) is 10.1. The van der Waals surface area contributed by atoms with Crippen LogP contribution >= 0.6 is 0 Å². The van der Waals surface area contributed by atoms with Crippen LogP contribution in [0.5, 0.6) is 0 Å². The van der Waals surface area contributed by atoms with Gasteiger partial charge in [-0.2, -0.15) is 13.2 Å². The Bertz CT molecular complexity index is 374. The highest BCUT2D eigenvalue weighted by Gasteiger charge is 2.34. The summed E-state index contributed by atoms with van der Waals surface area (Å²) in [6, 6.07) is 0. The van der Waals surface area contributed by atoms with E-state index >= 15 is 0 Å². The quantitative estimate of drug-likeness (QED) is 0.817. The molecule has 18 heavy (non-hydrogen) atoms. The first kappa shape index (κ1) is 13.4. The number of allylic oxidation sites excluding steroid dienone is 5. The predicted molar refractivity (Wildman–Crippen MR) is 65.3 cm³/mol. The second-order valence-corrected chi connectivity index (χ2v) is 4.53. The molecule has 2 rings (SSSR count). The summed E-state index contributed by atoms with van der Waals surface area (Å²) in [6.07, 6.45) is 2.23. The maximum atomic E-state index is 13.0. The highest BCUT2D eigenvalue weighted by molar-refractivity contribution is 5.36. The number of halogens is 3. The fraction of sp³-hybridized carbons (Fsp3) is 0.538. The molecule has 5 heteroatoms. The first-order chi connectivity index (χ1) is 8.57. The molecule has 0 aromatic heterocycles. The van der Waals surface area contributed by atoms with Gasteiger partial charge in [0.15, 0.2) is 0 Å². The molecule has 1 aliphatic carbocycles. The Balaban J connectivity index is 2.16. The van der Waals surface area contributed by atoms with Crippen LogP contribution in [-0.2, 0) is 0 Å². The van der Waals surface area contributed by atoms with Crippen LogP contribution in [-0.4, -0.2) is 43.8 Å². The van der Waals surface area contributed by atoms with Crippen molar-refractivity contribution in [1.82, 2.24) is 10.2 Å². The van der Waals surface area contributed by atoms with E-state index in [0.717, 1.165) is 26.2 Å². The normalized spacial score (nSPS) is 22.4. The number of hydrogen-bond donors (Lipinski definition) is 1. The summed E-state index contributed by atoms with van der Waals surface area (Å²) in [4.78, 5) is 2.07. The molecule has 1 N–H and O–H groups in total. The zero-order chi connectivity index (χ0) is 13.0. The molecule has 0 amide bonds. The molecule has 0 saturated carbocycles. The predicted octanol–water partition coefficient (Wildman–Crippen LogP) is 2.27. The van der Waals surface area contributed by atoms with Crippen LogP contribution in [0.1, 0.15) is 6.42 Å². The van der Waals surface area contributed by atoms with Crippen LogP contribution in [0.15, 0.2) is 35.5 Å². The summed E-state index contributed by atoms with van der Waals surface area (Å²) < 4.78 is 38.9. The van der Waals surface area contributed by atoms with E-state index in [1.807, 2.05) is 0 Å². The number of nitrogens with one attached hydrogen (secondary N) is 1. The molecule has 2 aliphatic rings. The molecular formula is C13H17F3N2. The molecule has 1 fully saturated rings. The van der Waals surface area contributed by atoms with Crippen LogP contribution in [0.3, 0.4) is 0 Å². The molecule has 1 saturated heterocycles. The fourth-order valence-corrected chi connectivity index (χ4v) is 2.25. The van der Waals surface area contributed by atoms with E-state index in [4.69, 9.17) is 0 Å². The van der Waals surface area contributed by atoms with Crippen LogP contribution < -0.4 is 5.32 Å². The minimum atomic E-state index is -4.26. The Kier molecular flexibility index (Phi) is 4.24. The van der Waals surface area contributed by atoms with Gasteiger partial charge in [0.25, 0.3) is 0 Å². The first-order valence-electron chi connectivity index (χ1n) is 6.13. The highest BCUT2D eigenvalue weighted by atomic mass is 19.4. The summed E-state index contributed by atoms with van der Waals surface area (Å²) in [5.74, 6) is 0. The van der Waals surface area contributed by atoms with Gasteiger partial charge in [-0.3, -0.25) is 4.90 Å². The second kappa shape index (κ2) is 5.71. The van der Waals surface area contributed by atoms with Crippen LogP contribution in [0, 0.1) is 0 Å². The van der Waals surface area contributed by atoms with E-state index in [0.29, 0.717) is 18.5 Å². The summed E-state index contributed by atoms with van der Waals surface area (Å²) in [5, 5.41) is 3.20. The van der Waals surface area contributed by atoms with Gasteiger partial charge in [-0.15, -0.1) is 0 Å². The third kappa shape index (κ3) is 3.46. The van der Waals surface area contributed by atoms with Crippen molar-refractivity contribution >= 4 is 0 Å². The maximum Gasteiger partial charge on any atom is 0.416 e. The molecule has 0 atom stereocenters. The smallest absolute Gasteiger partial charge is 0.314 e. The maximum absolute atomic E-state index is 13.0. The topological polar surface area (TPSA) is 15.3 Å². The minimum Gasteiger partial charge on any atom is -0.314 e. The van der Waals surface area contributed by atoms with Gasteiger partial charge >= 0.3 is 6.18 Å². The Morgan fingerprint density at radius 2 is 1.89 bits per heavy atom. The molecular weight excluding hydrogens is 241 g/mol. The molecule has 1 heterocycles. The van der Waals surface area contributed by atoms with Crippen LogP contribution in [0.25, 0.3) is 0 Å². The van der Waals surface area contributed by atoms with Crippen LogP contribution in [0.2, 0.25) is 0 Å². The Morgan fingerprint density at radius 3 is 2.56 bits per heavy atom. The average molecular weight is 258 g/mol. The van der Waals surface area contributed by atoms with E-state index in [9.17, 15) is 13.2 Å². The van der Waals surface area contributed by atoms with Gasteiger partial charge in [-0.25, -0.2) is 0 Å². The van der Waals surface area contributed by atoms with Crippen molar-refractivity contribution in [2.75, 3.05) is 32.7 Å². The number of alkyl halides is 3. The molecule has 0 bridgehead atoms. The van der Waals surface area contributed by atoms with E-state index in [2.05, 4.69) is 10.2 Å². The third-order valence-corrected chi connectivity index (χ3v) is 3.18. The largest absolute Gasteiger partial charge is 0.416 e. The van der Waals surface area contributed by atoms with E-state index in [-0.39, 0.29) is 0 Å². The van der Waals surface area contributed by atoms with Crippen molar-refractivity contribution in [3.8, 4) is 0 Å². The van der Waals surface area contributed by atoms with Gasteiger partial charge < -0.3 is 5.32 Å². The SMILES string of the molecule is FC(F)(F)C1=C(CN2CCNCC2)CC=CC=C1. The fourth-order valence-electron chi connectivity index (χ4n) is 2.25.